The van der Waals surface area contributed by atoms with Crippen LogP contribution >= 0.6 is 24.0 Å². The van der Waals surface area contributed by atoms with E-state index in [1.165, 1.54) is 11.8 Å². The lowest BCUT2D eigenvalue weighted by Crippen LogP contribution is -2.46. The van der Waals surface area contributed by atoms with Gasteiger partial charge in [0.25, 0.3) is 11.5 Å². The minimum Gasteiger partial charge on any atom is -0.372 e. The molecule has 0 N–H and O–H groups in total. The molecule has 3 atom stereocenters. The number of morpholine rings is 1. The van der Waals surface area contributed by atoms with Gasteiger partial charge in [-0.2, -0.15) is 0 Å². The van der Waals surface area contributed by atoms with Gasteiger partial charge >= 0.3 is 0 Å². The predicted molar refractivity (Wildman–Crippen MR) is 133 cm³/mol. The van der Waals surface area contributed by atoms with Crippen molar-refractivity contribution in [2.24, 2.45) is 0 Å². The number of aryl methyl sites for hydroxylation is 1. The van der Waals surface area contributed by atoms with Crippen molar-refractivity contribution in [3.05, 3.63) is 44.7 Å². The van der Waals surface area contributed by atoms with Gasteiger partial charge in [-0.1, -0.05) is 37.0 Å². The summed E-state index contributed by atoms with van der Waals surface area (Å²) in [5, 5.41) is 0. The van der Waals surface area contributed by atoms with Crippen LogP contribution in [-0.2, 0) is 9.53 Å². The molecule has 0 aromatic carbocycles. The first kappa shape index (κ1) is 22.9. The van der Waals surface area contributed by atoms with E-state index in [-0.39, 0.29) is 29.7 Å². The van der Waals surface area contributed by atoms with Crippen molar-refractivity contribution in [2.45, 2.75) is 59.3 Å². The van der Waals surface area contributed by atoms with Gasteiger partial charge in [-0.3, -0.25) is 18.9 Å². The molecule has 0 saturated carbocycles. The van der Waals surface area contributed by atoms with Gasteiger partial charge in [-0.05, 0) is 51.8 Å². The third-order valence-corrected chi connectivity index (χ3v) is 7.24. The number of aromatic nitrogens is 2. The van der Waals surface area contributed by atoms with E-state index in [1.807, 2.05) is 46.8 Å². The van der Waals surface area contributed by atoms with Crippen LogP contribution < -0.4 is 10.5 Å². The van der Waals surface area contributed by atoms with Crippen LogP contribution in [0.2, 0.25) is 0 Å². The molecule has 4 rings (SSSR count). The Kier molecular flexibility index (Phi) is 6.42. The van der Waals surface area contributed by atoms with Crippen LogP contribution in [0.3, 0.4) is 0 Å². The van der Waals surface area contributed by atoms with Gasteiger partial charge in [0.2, 0.25) is 0 Å². The van der Waals surface area contributed by atoms with E-state index in [1.54, 1.807) is 21.6 Å². The van der Waals surface area contributed by atoms with Crippen LogP contribution in [0.1, 0.15) is 45.2 Å². The molecule has 0 radical (unpaired) electrons. The number of thioether (sulfide) groups is 1. The summed E-state index contributed by atoms with van der Waals surface area (Å²) in [7, 11) is 0. The molecule has 1 amide bonds. The van der Waals surface area contributed by atoms with E-state index >= 15 is 0 Å². The second kappa shape index (κ2) is 8.96. The minimum absolute atomic E-state index is 0.00675. The molecule has 9 heteroatoms. The van der Waals surface area contributed by atoms with Gasteiger partial charge < -0.3 is 9.64 Å². The molecule has 2 aromatic rings. The number of nitrogens with zero attached hydrogens (tertiary/aromatic N) is 4. The molecule has 2 saturated heterocycles. The summed E-state index contributed by atoms with van der Waals surface area (Å²) >= 11 is 6.71. The number of ether oxygens (including phenoxy) is 1. The SMILES string of the molecule is CCC(C)N1C(=O)/C(=C/c2c(N3CC(C)OC(C)C3)nc3c(C)cccn3c2=O)SC1=S. The highest BCUT2D eigenvalue weighted by molar-refractivity contribution is 8.26. The second-order valence-corrected chi connectivity index (χ2v) is 10.2. The fourth-order valence-corrected chi connectivity index (χ4v) is 5.64. The van der Waals surface area contributed by atoms with Crippen molar-refractivity contribution in [1.29, 1.82) is 0 Å². The standard InChI is InChI=1S/C23H28N4O3S2/c1-6-14(3)27-22(29)18(32-23(27)31)10-17-20(25-11-15(4)30-16(5)12-25)24-19-13(2)8-7-9-26(19)21(17)28/h7-10,14-16H,6,11-12H2,1-5H3/b18-10-. The Morgan fingerprint density at radius 1 is 1.31 bits per heavy atom. The fraction of sp³-hybridized carbons (Fsp3) is 0.478. The van der Waals surface area contributed by atoms with Crippen LogP contribution in [0.4, 0.5) is 5.82 Å². The number of carbonyl (C=O) groups is 1. The van der Waals surface area contributed by atoms with E-state index in [0.29, 0.717) is 39.3 Å². The second-order valence-electron chi connectivity index (χ2n) is 8.51. The maximum atomic E-state index is 13.6. The third kappa shape index (κ3) is 4.09. The average molecular weight is 473 g/mol. The normalized spacial score (nSPS) is 24.1. The van der Waals surface area contributed by atoms with Crippen LogP contribution in [0.25, 0.3) is 11.7 Å². The van der Waals surface area contributed by atoms with Gasteiger partial charge in [0.1, 0.15) is 15.8 Å². The Bertz CT molecular complexity index is 1170. The molecule has 2 aliphatic rings. The highest BCUT2D eigenvalue weighted by Gasteiger charge is 2.35. The lowest BCUT2D eigenvalue weighted by molar-refractivity contribution is -0.123. The molecule has 7 nitrogen and oxygen atoms in total. The molecule has 0 aliphatic carbocycles. The van der Waals surface area contributed by atoms with Gasteiger partial charge in [0.15, 0.2) is 0 Å². The summed E-state index contributed by atoms with van der Waals surface area (Å²) in [4.78, 5) is 35.8. The summed E-state index contributed by atoms with van der Waals surface area (Å²) in [6.07, 6.45) is 4.20. The topological polar surface area (TPSA) is 67.2 Å². The van der Waals surface area contributed by atoms with Gasteiger partial charge in [-0.25, -0.2) is 4.98 Å². The highest BCUT2D eigenvalue weighted by atomic mass is 32.2. The molecule has 2 aromatic heterocycles. The van der Waals surface area contributed by atoms with E-state index in [9.17, 15) is 9.59 Å². The molecule has 0 bridgehead atoms. The average Bonchev–Trinajstić information content (AvgIpc) is 3.02. The molecule has 2 fully saturated rings. The lowest BCUT2D eigenvalue weighted by atomic mass is 10.1. The maximum Gasteiger partial charge on any atom is 0.267 e. The van der Waals surface area contributed by atoms with Crippen molar-refractivity contribution in [2.75, 3.05) is 18.0 Å². The lowest BCUT2D eigenvalue weighted by Gasteiger charge is -2.36. The number of fused-ring (bicyclic) bond motifs is 1. The predicted octanol–water partition coefficient (Wildman–Crippen LogP) is 3.62. The number of rotatable bonds is 4. The maximum absolute atomic E-state index is 13.6. The van der Waals surface area contributed by atoms with Crippen LogP contribution in [0.15, 0.2) is 28.0 Å². The first-order chi connectivity index (χ1) is 15.2. The quantitative estimate of drug-likeness (QED) is 0.497. The minimum atomic E-state index is -0.200. The number of anilines is 1. The first-order valence-electron chi connectivity index (χ1n) is 10.9. The van der Waals surface area contributed by atoms with E-state index in [2.05, 4.69) is 4.90 Å². The summed E-state index contributed by atoms with van der Waals surface area (Å²) < 4.78 is 7.96. The van der Waals surface area contributed by atoms with Crippen molar-refractivity contribution in [1.82, 2.24) is 14.3 Å². The molecule has 4 heterocycles. The molecular weight excluding hydrogens is 444 g/mol. The zero-order valence-corrected chi connectivity index (χ0v) is 20.6. The molecule has 3 unspecified atom stereocenters. The van der Waals surface area contributed by atoms with Gasteiger partial charge in [0, 0.05) is 25.3 Å². The monoisotopic (exact) mass is 472 g/mol. The Hall–Kier alpha value is -2.23. The number of amides is 1. The van der Waals surface area contributed by atoms with Crippen molar-refractivity contribution < 1.29 is 9.53 Å². The number of thiocarbonyl (C=S) groups is 1. The number of pyridine rings is 1. The van der Waals surface area contributed by atoms with Crippen LogP contribution in [0, 0.1) is 6.92 Å². The zero-order valence-electron chi connectivity index (χ0n) is 19.0. The highest BCUT2D eigenvalue weighted by Crippen LogP contribution is 2.35. The molecular formula is C23H28N4O3S2. The molecule has 0 spiro atoms. The largest absolute Gasteiger partial charge is 0.372 e. The summed E-state index contributed by atoms with van der Waals surface area (Å²) in [6.45, 7) is 11.2. The number of hydrogen-bond acceptors (Lipinski definition) is 7. The molecule has 2 aliphatic heterocycles. The Labute approximate surface area is 197 Å². The summed E-state index contributed by atoms with van der Waals surface area (Å²) in [6, 6.07) is 3.77. The molecule has 170 valence electrons. The summed E-state index contributed by atoms with van der Waals surface area (Å²) in [5.41, 5.74) is 1.73. The Morgan fingerprint density at radius 3 is 2.66 bits per heavy atom. The zero-order chi connectivity index (χ0) is 23.2. The third-order valence-electron chi connectivity index (χ3n) is 5.91. The van der Waals surface area contributed by atoms with Crippen molar-refractivity contribution in [3.8, 4) is 0 Å². The van der Waals surface area contributed by atoms with E-state index in [0.717, 1.165) is 12.0 Å². The van der Waals surface area contributed by atoms with Gasteiger partial charge in [-0.15, -0.1) is 0 Å². The Balaban J connectivity index is 1.89. The first-order valence-corrected chi connectivity index (χ1v) is 12.1. The van der Waals surface area contributed by atoms with Crippen molar-refractivity contribution >= 4 is 51.7 Å². The number of carbonyl (C=O) groups excluding carboxylic acids is 1. The Morgan fingerprint density at radius 2 is 2.00 bits per heavy atom. The van der Waals surface area contributed by atoms with E-state index in [4.69, 9.17) is 21.9 Å². The molecule has 32 heavy (non-hydrogen) atoms. The van der Waals surface area contributed by atoms with Gasteiger partial charge in [0.05, 0.1) is 22.7 Å². The fourth-order valence-electron chi connectivity index (χ4n) is 4.19. The number of hydrogen-bond donors (Lipinski definition) is 0. The van der Waals surface area contributed by atoms with Crippen LogP contribution in [-0.4, -0.2) is 55.9 Å². The van der Waals surface area contributed by atoms with Crippen molar-refractivity contribution in [3.63, 3.8) is 0 Å². The summed E-state index contributed by atoms with van der Waals surface area (Å²) in [5.74, 6) is 0.429. The van der Waals surface area contributed by atoms with Crippen LogP contribution in [0.5, 0.6) is 0 Å². The van der Waals surface area contributed by atoms with E-state index < -0.39 is 0 Å². The smallest absolute Gasteiger partial charge is 0.267 e.